The fourth-order valence-corrected chi connectivity index (χ4v) is 3.76. The summed E-state index contributed by atoms with van der Waals surface area (Å²) in [6, 6.07) is 14.7. The summed E-state index contributed by atoms with van der Waals surface area (Å²) in [6.07, 6.45) is 2.38. The van der Waals surface area contributed by atoms with Gasteiger partial charge in [0.1, 0.15) is 0 Å². The Bertz CT molecular complexity index is 816. The Hall–Kier alpha value is -2.60. The highest BCUT2D eigenvalue weighted by molar-refractivity contribution is 7.92. The van der Waals surface area contributed by atoms with Crippen molar-refractivity contribution in [3.05, 3.63) is 72.8 Å². The number of sulfonamides is 1. The molecule has 0 heterocycles. The van der Waals surface area contributed by atoms with Crippen molar-refractivity contribution >= 4 is 21.6 Å². The quantitative estimate of drug-likeness (QED) is 0.737. The fourth-order valence-electron chi connectivity index (χ4n) is 2.30. The normalized spacial score (nSPS) is 10.9. The van der Waals surface area contributed by atoms with Crippen molar-refractivity contribution in [1.82, 2.24) is 5.32 Å². The Labute approximate surface area is 149 Å². The van der Waals surface area contributed by atoms with E-state index in [-0.39, 0.29) is 17.3 Å². The van der Waals surface area contributed by atoms with Gasteiger partial charge in [0.05, 0.1) is 17.1 Å². The second-order valence-electron chi connectivity index (χ2n) is 5.44. The Morgan fingerprint density at radius 2 is 1.76 bits per heavy atom. The molecule has 0 atom stereocenters. The molecule has 0 radical (unpaired) electrons. The minimum absolute atomic E-state index is 0.138. The highest BCUT2D eigenvalue weighted by atomic mass is 32.2. The van der Waals surface area contributed by atoms with Crippen LogP contribution in [-0.2, 0) is 10.0 Å². The number of hydrogen-bond acceptors (Lipinski definition) is 3. The zero-order valence-electron chi connectivity index (χ0n) is 14.2. The first-order valence-electron chi connectivity index (χ1n) is 8.07. The zero-order valence-corrected chi connectivity index (χ0v) is 15.0. The summed E-state index contributed by atoms with van der Waals surface area (Å²) in [6.45, 7) is 6.36. The molecule has 1 N–H and O–H groups in total. The van der Waals surface area contributed by atoms with E-state index in [4.69, 9.17) is 0 Å². The van der Waals surface area contributed by atoms with Crippen LogP contribution in [0.2, 0.25) is 0 Å². The van der Waals surface area contributed by atoms with E-state index < -0.39 is 10.0 Å². The Morgan fingerprint density at radius 3 is 2.32 bits per heavy atom. The third-order valence-corrected chi connectivity index (χ3v) is 5.39. The third-order valence-electron chi connectivity index (χ3n) is 3.58. The number of nitrogens with one attached hydrogen (secondary N) is 1. The molecular weight excluding hydrogens is 336 g/mol. The molecule has 0 aromatic heterocycles. The van der Waals surface area contributed by atoms with Gasteiger partial charge in [-0.2, -0.15) is 0 Å². The van der Waals surface area contributed by atoms with Crippen LogP contribution in [0.25, 0.3) is 0 Å². The average Bonchev–Trinajstić information content (AvgIpc) is 2.65. The van der Waals surface area contributed by atoms with Crippen LogP contribution in [0.15, 0.2) is 72.1 Å². The van der Waals surface area contributed by atoms with Crippen molar-refractivity contribution in [2.75, 3.05) is 17.4 Å². The van der Waals surface area contributed by atoms with Crippen molar-refractivity contribution in [3.63, 3.8) is 0 Å². The van der Waals surface area contributed by atoms with Crippen molar-refractivity contribution < 1.29 is 13.2 Å². The lowest BCUT2D eigenvalue weighted by molar-refractivity contribution is 0.0953. The van der Waals surface area contributed by atoms with Gasteiger partial charge < -0.3 is 5.32 Å². The van der Waals surface area contributed by atoms with Gasteiger partial charge in [-0.25, -0.2) is 8.42 Å². The van der Waals surface area contributed by atoms with Gasteiger partial charge >= 0.3 is 0 Å². The van der Waals surface area contributed by atoms with Gasteiger partial charge in [-0.05, 0) is 42.8 Å². The highest BCUT2D eigenvalue weighted by Crippen LogP contribution is 2.24. The first kappa shape index (κ1) is 18.7. The maximum atomic E-state index is 12.9. The maximum absolute atomic E-state index is 12.9. The lowest BCUT2D eigenvalue weighted by Crippen LogP contribution is -2.31. The first-order chi connectivity index (χ1) is 12.0. The van der Waals surface area contributed by atoms with Crippen LogP contribution in [0.3, 0.4) is 0 Å². The topological polar surface area (TPSA) is 66.5 Å². The summed E-state index contributed by atoms with van der Waals surface area (Å²) >= 11 is 0. The van der Waals surface area contributed by atoms with E-state index >= 15 is 0 Å². The highest BCUT2D eigenvalue weighted by Gasteiger charge is 2.23. The summed E-state index contributed by atoms with van der Waals surface area (Å²) in [5, 5.41) is 2.79. The smallest absolute Gasteiger partial charge is 0.264 e. The molecule has 0 aliphatic carbocycles. The Kier molecular flexibility index (Phi) is 6.36. The van der Waals surface area contributed by atoms with E-state index in [1.54, 1.807) is 54.6 Å². The summed E-state index contributed by atoms with van der Waals surface area (Å²) in [7, 11) is -3.70. The summed E-state index contributed by atoms with van der Waals surface area (Å²) in [5.74, 6) is -0.172. The molecule has 0 aliphatic rings. The molecule has 6 heteroatoms. The predicted molar refractivity (Wildman–Crippen MR) is 100 cm³/mol. The zero-order chi connectivity index (χ0) is 18.3. The van der Waals surface area contributed by atoms with Crippen molar-refractivity contribution in [2.24, 2.45) is 0 Å². The van der Waals surface area contributed by atoms with Crippen LogP contribution < -0.4 is 9.62 Å². The van der Waals surface area contributed by atoms with Crippen molar-refractivity contribution in [1.29, 1.82) is 0 Å². The predicted octanol–water partition coefficient (Wildman–Crippen LogP) is 3.21. The molecule has 0 spiro atoms. The minimum Gasteiger partial charge on any atom is -0.352 e. The minimum atomic E-state index is -3.70. The van der Waals surface area contributed by atoms with Crippen LogP contribution in [0.1, 0.15) is 23.7 Å². The van der Waals surface area contributed by atoms with Gasteiger partial charge in [0, 0.05) is 12.1 Å². The number of amides is 1. The summed E-state index contributed by atoms with van der Waals surface area (Å²) < 4.78 is 27.0. The van der Waals surface area contributed by atoms with Crippen LogP contribution in [-0.4, -0.2) is 27.4 Å². The summed E-state index contributed by atoms with van der Waals surface area (Å²) in [4.78, 5) is 12.2. The van der Waals surface area contributed by atoms with Gasteiger partial charge in [0.2, 0.25) is 0 Å². The molecule has 0 saturated carbocycles. The lowest BCUT2D eigenvalue weighted by atomic mass is 10.2. The molecular formula is C19H22N2O3S. The number of carbonyl (C=O) groups excluding carboxylic acids is 1. The van der Waals surface area contributed by atoms with Crippen molar-refractivity contribution in [2.45, 2.75) is 18.2 Å². The van der Waals surface area contributed by atoms with Crippen LogP contribution >= 0.6 is 0 Å². The fraction of sp³-hybridized carbons (Fsp3) is 0.211. The van der Waals surface area contributed by atoms with E-state index in [1.165, 1.54) is 10.4 Å². The molecule has 1 amide bonds. The average molecular weight is 358 g/mol. The molecule has 0 saturated heterocycles. The number of nitrogens with zero attached hydrogens (tertiary/aromatic N) is 1. The molecule has 25 heavy (non-hydrogen) atoms. The number of benzene rings is 2. The monoisotopic (exact) mass is 358 g/mol. The van der Waals surface area contributed by atoms with Crippen LogP contribution in [0, 0.1) is 0 Å². The Morgan fingerprint density at radius 1 is 1.12 bits per heavy atom. The van der Waals surface area contributed by atoms with Gasteiger partial charge in [-0.15, -0.1) is 6.58 Å². The van der Waals surface area contributed by atoms with Crippen molar-refractivity contribution in [3.8, 4) is 0 Å². The molecule has 0 aliphatic heterocycles. The SMILES string of the molecule is C=CCN(c1ccc(C(=O)NCCC)cc1)S(=O)(=O)c1ccccc1. The van der Waals surface area contributed by atoms with E-state index in [9.17, 15) is 13.2 Å². The van der Waals surface area contributed by atoms with Gasteiger partial charge in [0.15, 0.2) is 0 Å². The molecule has 0 bridgehead atoms. The van der Waals surface area contributed by atoms with E-state index in [2.05, 4.69) is 11.9 Å². The summed E-state index contributed by atoms with van der Waals surface area (Å²) in [5.41, 5.74) is 0.976. The van der Waals surface area contributed by atoms with E-state index in [0.29, 0.717) is 17.8 Å². The Balaban J connectivity index is 2.32. The lowest BCUT2D eigenvalue weighted by Gasteiger charge is -2.23. The molecule has 2 aromatic carbocycles. The molecule has 0 unspecified atom stereocenters. The first-order valence-corrected chi connectivity index (χ1v) is 9.51. The van der Waals surface area contributed by atoms with Gasteiger partial charge in [0.25, 0.3) is 15.9 Å². The van der Waals surface area contributed by atoms with Gasteiger partial charge in [-0.3, -0.25) is 9.10 Å². The molecule has 2 aromatic rings. The number of rotatable bonds is 8. The largest absolute Gasteiger partial charge is 0.352 e. The standard InChI is InChI=1S/C19H22N2O3S/c1-3-14-20-19(22)16-10-12-17(13-11-16)21(15-4-2)25(23,24)18-8-6-5-7-9-18/h4-13H,2-3,14-15H2,1H3,(H,20,22). The molecule has 0 fully saturated rings. The number of anilines is 1. The van der Waals surface area contributed by atoms with E-state index in [1.807, 2.05) is 6.92 Å². The van der Waals surface area contributed by atoms with E-state index in [0.717, 1.165) is 6.42 Å². The second kappa shape index (κ2) is 8.48. The number of carbonyl (C=O) groups is 1. The second-order valence-corrected chi connectivity index (χ2v) is 7.30. The van der Waals surface area contributed by atoms with Crippen LogP contribution in [0.4, 0.5) is 5.69 Å². The number of hydrogen-bond donors (Lipinski definition) is 1. The third kappa shape index (κ3) is 4.48. The van der Waals surface area contributed by atoms with Crippen LogP contribution in [0.5, 0.6) is 0 Å². The molecule has 132 valence electrons. The molecule has 2 rings (SSSR count). The maximum Gasteiger partial charge on any atom is 0.264 e. The van der Waals surface area contributed by atoms with Gasteiger partial charge in [-0.1, -0.05) is 31.2 Å². The molecule has 5 nitrogen and oxygen atoms in total.